The SMILES string of the molecule is COc1ccccc1-c1nc(CCC(=O)N2CCC(C)CC2)cs1. The molecular formula is C19H24N2O2S. The van der Waals surface area contributed by atoms with Crippen LogP contribution < -0.4 is 4.74 Å². The lowest BCUT2D eigenvalue weighted by Crippen LogP contribution is -2.38. The van der Waals surface area contributed by atoms with Gasteiger partial charge in [-0.3, -0.25) is 4.79 Å². The molecule has 0 aliphatic carbocycles. The van der Waals surface area contributed by atoms with E-state index in [-0.39, 0.29) is 5.91 Å². The van der Waals surface area contributed by atoms with Crippen LogP contribution in [0.25, 0.3) is 10.6 Å². The fourth-order valence-electron chi connectivity index (χ4n) is 3.02. The molecule has 1 aromatic carbocycles. The molecule has 2 heterocycles. The topological polar surface area (TPSA) is 42.4 Å². The van der Waals surface area contributed by atoms with Crippen molar-refractivity contribution in [1.82, 2.24) is 9.88 Å². The molecule has 24 heavy (non-hydrogen) atoms. The lowest BCUT2D eigenvalue weighted by molar-refractivity contribution is -0.132. The molecule has 4 nitrogen and oxygen atoms in total. The lowest BCUT2D eigenvalue weighted by Gasteiger charge is -2.30. The van der Waals surface area contributed by atoms with E-state index >= 15 is 0 Å². The van der Waals surface area contributed by atoms with Crippen LogP contribution in [-0.4, -0.2) is 36.0 Å². The number of rotatable bonds is 5. The first-order valence-corrected chi connectivity index (χ1v) is 9.41. The molecule has 128 valence electrons. The number of amides is 1. The van der Waals surface area contributed by atoms with Crippen LogP contribution in [0.1, 0.15) is 31.9 Å². The number of benzene rings is 1. The average Bonchev–Trinajstić information content (AvgIpc) is 3.09. The molecule has 0 atom stereocenters. The quantitative estimate of drug-likeness (QED) is 0.823. The number of aryl methyl sites for hydroxylation is 1. The van der Waals surface area contributed by atoms with Gasteiger partial charge in [0.15, 0.2) is 0 Å². The number of ether oxygens (including phenoxy) is 1. The molecule has 1 aliphatic heterocycles. The number of thiazole rings is 1. The number of likely N-dealkylation sites (tertiary alicyclic amines) is 1. The van der Waals surface area contributed by atoms with Crippen molar-refractivity contribution in [1.29, 1.82) is 0 Å². The van der Waals surface area contributed by atoms with Gasteiger partial charge in [0.05, 0.1) is 18.4 Å². The fourth-order valence-corrected chi connectivity index (χ4v) is 3.90. The zero-order valence-electron chi connectivity index (χ0n) is 14.3. The molecule has 0 radical (unpaired) electrons. The lowest BCUT2D eigenvalue weighted by atomic mass is 9.99. The molecule has 2 aromatic rings. The van der Waals surface area contributed by atoms with E-state index in [9.17, 15) is 4.79 Å². The molecule has 3 rings (SSSR count). The van der Waals surface area contributed by atoms with E-state index in [1.807, 2.05) is 34.5 Å². The summed E-state index contributed by atoms with van der Waals surface area (Å²) in [6, 6.07) is 7.90. The van der Waals surface area contributed by atoms with Crippen LogP contribution in [0.4, 0.5) is 0 Å². The van der Waals surface area contributed by atoms with E-state index in [2.05, 4.69) is 11.9 Å². The van der Waals surface area contributed by atoms with Crippen LogP contribution in [0.15, 0.2) is 29.6 Å². The molecule has 1 aliphatic rings. The Morgan fingerprint density at radius 1 is 1.33 bits per heavy atom. The first-order valence-electron chi connectivity index (χ1n) is 8.53. The average molecular weight is 344 g/mol. The van der Waals surface area contributed by atoms with E-state index in [1.165, 1.54) is 0 Å². The van der Waals surface area contributed by atoms with Gasteiger partial charge in [0.1, 0.15) is 10.8 Å². The Hall–Kier alpha value is -1.88. The minimum atomic E-state index is 0.258. The highest BCUT2D eigenvalue weighted by atomic mass is 32.1. The van der Waals surface area contributed by atoms with Crippen molar-refractivity contribution in [2.75, 3.05) is 20.2 Å². The number of nitrogens with zero attached hydrogens (tertiary/aromatic N) is 2. The number of hydrogen-bond acceptors (Lipinski definition) is 4. The van der Waals surface area contributed by atoms with E-state index in [0.717, 1.165) is 53.9 Å². The summed E-state index contributed by atoms with van der Waals surface area (Å²) in [4.78, 5) is 19.0. The molecule has 0 spiro atoms. The predicted octanol–water partition coefficient (Wildman–Crippen LogP) is 4.01. The van der Waals surface area contributed by atoms with Crippen molar-refractivity contribution in [2.24, 2.45) is 5.92 Å². The third-order valence-electron chi connectivity index (χ3n) is 4.62. The molecule has 1 saturated heterocycles. The predicted molar refractivity (Wildman–Crippen MR) is 97.4 cm³/mol. The van der Waals surface area contributed by atoms with Crippen molar-refractivity contribution in [2.45, 2.75) is 32.6 Å². The summed E-state index contributed by atoms with van der Waals surface area (Å²) in [5.41, 5.74) is 1.99. The second-order valence-corrected chi connectivity index (χ2v) is 7.27. The van der Waals surface area contributed by atoms with Crippen LogP contribution in [0.2, 0.25) is 0 Å². The second kappa shape index (κ2) is 7.79. The highest BCUT2D eigenvalue weighted by molar-refractivity contribution is 7.13. The zero-order chi connectivity index (χ0) is 16.9. The number of carbonyl (C=O) groups excluding carboxylic acids is 1. The molecule has 0 saturated carbocycles. The van der Waals surface area contributed by atoms with Crippen LogP contribution in [0.5, 0.6) is 5.75 Å². The first-order chi connectivity index (χ1) is 11.7. The highest BCUT2D eigenvalue weighted by Crippen LogP contribution is 2.32. The van der Waals surface area contributed by atoms with Gasteiger partial charge in [0.25, 0.3) is 0 Å². The summed E-state index contributed by atoms with van der Waals surface area (Å²) in [6.45, 7) is 4.07. The number of methoxy groups -OCH3 is 1. The maximum absolute atomic E-state index is 12.3. The summed E-state index contributed by atoms with van der Waals surface area (Å²) >= 11 is 1.60. The van der Waals surface area contributed by atoms with E-state index < -0.39 is 0 Å². The van der Waals surface area contributed by atoms with Crippen LogP contribution in [0, 0.1) is 5.92 Å². The Balaban J connectivity index is 1.59. The Bertz CT molecular complexity index is 690. The Morgan fingerprint density at radius 2 is 2.08 bits per heavy atom. The van der Waals surface area contributed by atoms with Gasteiger partial charge in [-0.05, 0) is 37.3 Å². The molecule has 5 heteroatoms. The monoisotopic (exact) mass is 344 g/mol. The summed E-state index contributed by atoms with van der Waals surface area (Å²) in [5.74, 6) is 1.83. The minimum Gasteiger partial charge on any atom is -0.496 e. The molecule has 0 N–H and O–H groups in total. The number of aromatic nitrogens is 1. The second-order valence-electron chi connectivity index (χ2n) is 6.41. The van der Waals surface area contributed by atoms with Crippen molar-refractivity contribution in [3.8, 4) is 16.3 Å². The third-order valence-corrected chi connectivity index (χ3v) is 5.54. The van der Waals surface area contributed by atoms with Crippen LogP contribution >= 0.6 is 11.3 Å². The highest BCUT2D eigenvalue weighted by Gasteiger charge is 2.20. The summed E-state index contributed by atoms with van der Waals surface area (Å²) in [5, 5.41) is 2.99. The van der Waals surface area contributed by atoms with Gasteiger partial charge in [0.2, 0.25) is 5.91 Å². The Kier molecular flexibility index (Phi) is 5.51. The number of carbonyl (C=O) groups is 1. The molecule has 0 unspecified atom stereocenters. The zero-order valence-corrected chi connectivity index (χ0v) is 15.1. The molecule has 1 aromatic heterocycles. The fraction of sp³-hybridized carbons (Fsp3) is 0.474. The van der Waals surface area contributed by atoms with Crippen molar-refractivity contribution < 1.29 is 9.53 Å². The molecular weight excluding hydrogens is 320 g/mol. The normalized spacial score (nSPS) is 15.5. The third kappa shape index (κ3) is 3.96. The smallest absolute Gasteiger partial charge is 0.222 e. The van der Waals surface area contributed by atoms with E-state index in [4.69, 9.17) is 4.74 Å². The maximum Gasteiger partial charge on any atom is 0.222 e. The first kappa shape index (κ1) is 17.0. The van der Waals surface area contributed by atoms with Gasteiger partial charge in [-0.2, -0.15) is 0 Å². The number of piperidine rings is 1. The molecule has 0 bridgehead atoms. The van der Waals surface area contributed by atoms with E-state index in [1.54, 1.807) is 18.4 Å². The van der Waals surface area contributed by atoms with Crippen molar-refractivity contribution in [3.05, 3.63) is 35.3 Å². The van der Waals surface area contributed by atoms with E-state index in [0.29, 0.717) is 12.8 Å². The van der Waals surface area contributed by atoms with Crippen molar-refractivity contribution in [3.63, 3.8) is 0 Å². The number of para-hydroxylation sites is 1. The van der Waals surface area contributed by atoms with Gasteiger partial charge < -0.3 is 9.64 Å². The van der Waals surface area contributed by atoms with Crippen molar-refractivity contribution >= 4 is 17.2 Å². The standard InChI is InChI=1S/C19H24N2O2S/c1-14-9-11-21(12-10-14)18(22)8-7-15-13-24-19(20-15)16-5-3-4-6-17(16)23-2/h3-6,13-14H,7-12H2,1-2H3. The maximum atomic E-state index is 12.3. The van der Waals surface area contributed by atoms with Gasteiger partial charge in [-0.1, -0.05) is 19.1 Å². The molecule has 1 fully saturated rings. The van der Waals surface area contributed by atoms with Gasteiger partial charge in [-0.15, -0.1) is 11.3 Å². The summed E-state index contributed by atoms with van der Waals surface area (Å²) in [6.07, 6.45) is 3.50. The largest absolute Gasteiger partial charge is 0.496 e. The minimum absolute atomic E-state index is 0.258. The summed E-state index contributed by atoms with van der Waals surface area (Å²) < 4.78 is 5.40. The van der Waals surface area contributed by atoms with Gasteiger partial charge >= 0.3 is 0 Å². The van der Waals surface area contributed by atoms with Crippen LogP contribution in [0.3, 0.4) is 0 Å². The number of hydrogen-bond donors (Lipinski definition) is 0. The van der Waals surface area contributed by atoms with Gasteiger partial charge in [0, 0.05) is 24.9 Å². The van der Waals surface area contributed by atoms with Crippen LogP contribution in [-0.2, 0) is 11.2 Å². The Labute approximate surface area is 147 Å². The molecule has 1 amide bonds. The van der Waals surface area contributed by atoms with Gasteiger partial charge in [-0.25, -0.2) is 4.98 Å². The summed E-state index contributed by atoms with van der Waals surface area (Å²) in [7, 11) is 1.67. The Morgan fingerprint density at radius 3 is 2.83 bits per heavy atom.